The minimum atomic E-state index is 0. The molecule has 0 spiro atoms. The van der Waals surface area contributed by atoms with Gasteiger partial charge in [0.05, 0.1) is 20.3 Å². The maximum atomic E-state index is 5.53. The van der Waals surface area contributed by atoms with E-state index in [-0.39, 0.29) is 27.1 Å². The minimum Gasteiger partial charge on any atom is -0.481 e. The van der Waals surface area contributed by atoms with Gasteiger partial charge in [0.2, 0.25) is 11.8 Å². The Morgan fingerprint density at radius 3 is 2.10 bits per heavy atom. The second-order valence-electron chi connectivity index (χ2n) is 4.80. The van der Waals surface area contributed by atoms with Crippen molar-refractivity contribution in [2.75, 3.05) is 14.2 Å². The fraction of sp³-hybridized carbons (Fsp3) is 0.400. The van der Waals surface area contributed by atoms with Crippen molar-refractivity contribution < 1.29 is 30.5 Å². The summed E-state index contributed by atoms with van der Waals surface area (Å²) in [6.45, 7) is 6.19. The molecule has 1 heterocycles. The average Bonchev–Trinajstić information content (AvgIpc) is 2.78. The van der Waals surface area contributed by atoms with Crippen molar-refractivity contribution in [3.63, 3.8) is 0 Å². The van der Waals surface area contributed by atoms with Crippen LogP contribution in [0.1, 0.15) is 25.5 Å². The molecule has 0 bridgehead atoms. The summed E-state index contributed by atoms with van der Waals surface area (Å²) in [5.41, 5.74) is 3.17. The number of rotatable bonds is 4. The van der Waals surface area contributed by atoms with Crippen LogP contribution in [-0.2, 0) is 21.1 Å². The van der Waals surface area contributed by atoms with Crippen molar-refractivity contribution >= 4 is 0 Å². The van der Waals surface area contributed by atoms with Crippen LogP contribution in [0.5, 0.6) is 11.8 Å². The summed E-state index contributed by atoms with van der Waals surface area (Å²) in [6, 6.07) is 8.47. The molecule has 1 aromatic carbocycles. The van der Waals surface area contributed by atoms with Crippen LogP contribution < -0.4 is 9.47 Å². The van der Waals surface area contributed by atoms with Gasteiger partial charge in [-0.3, -0.25) is 0 Å². The number of ether oxygens (including phenoxy) is 2. The molecule has 0 unspecified atom stereocenters. The van der Waals surface area contributed by atoms with Crippen molar-refractivity contribution in [1.29, 1.82) is 0 Å². The van der Waals surface area contributed by atoms with Gasteiger partial charge in [0, 0.05) is 21.1 Å². The molecule has 1 aromatic heterocycles. The SMILES string of the molecule is COc1nn(C(C)C)c(OC)c1-c1ccc(C)cc1.[Pt]. The van der Waals surface area contributed by atoms with Crippen LogP contribution in [-0.4, -0.2) is 24.0 Å². The maximum Gasteiger partial charge on any atom is 0.244 e. The zero-order valence-electron chi connectivity index (χ0n) is 12.4. The summed E-state index contributed by atoms with van der Waals surface area (Å²) in [7, 11) is 3.29. The van der Waals surface area contributed by atoms with E-state index in [2.05, 4.69) is 50.1 Å². The molecular weight excluding hydrogens is 435 g/mol. The van der Waals surface area contributed by atoms with Crippen molar-refractivity contribution in [3.05, 3.63) is 29.8 Å². The molecule has 0 fully saturated rings. The molecule has 4 nitrogen and oxygen atoms in total. The topological polar surface area (TPSA) is 36.3 Å². The van der Waals surface area contributed by atoms with Gasteiger partial charge < -0.3 is 9.47 Å². The molecule has 0 aliphatic carbocycles. The molecule has 0 aliphatic rings. The number of nitrogens with zero attached hydrogens (tertiary/aromatic N) is 2. The number of hydrogen-bond donors (Lipinski definition) is 0. The van der Waals surface area contributed by atoms with Crippen LogP contribution >= 0.6 is 0 Å². The number of methoxy groups -OCH3 is 2. The Bertz CT molecular complexity index is 562. The molecule has 0 radical (unpaired) electrons. The van der Waals surface area contributed by atoms with E-state index >= 15 is 0 Å². The summed E-state index contributed by atoms with van der Waals surface area (Å²) < 4.78 is 12.8. The minimum absolute atomic E-state index is 0. The van der Waals surface area contributed by atoms with Gasteiger partial charge in [-0.05, 0) is 26.3 Å². The first-order chi connectivity index (χ1) is 9.08. The van der Waals surface area contributed by atoms with E-state index < -0.39 is 0 Å². The van der Waals surface area contributed by atoms with Crippen LogP contribution in [0.2, 0.25) is 0 Å². The largest absolute Gasteiger partial charge is 0.481 e. The Hall–Kier alpha value is -1.28. The standard InChI is InChI=1S/C15H20N2O2.Pt/c1-10(2)17-15(19-5)13(14(16-17)18-4)12-8-6-11(3)7-9-12;/h6-10H,1-5H3;. The molecule has 2 aromatic rings. The number of aryl methyl sites for hydroxylation is 1. The quantitative estimate of drug-likeness (QED) is 0.709. The van der Waals surface area contributed by atoms with E-state index in [0.717, 1.165) is 17.0 Å². The van der Waals surface area contributed by atoms with Crippen LogP contribution in [0.3, 0.4) is 0 Å². The second kappa shape index (κ2) is 6.94. The molecule has 112 valence electrons. The Morgan fingerprint density at radius 1 is 1.05 bits per heavy atom. The molecule has 2 rings (SSSR count). The van der Waals surface area contributed by atoms with E-state index in [1.165, 1.54) is 5.56 Å². The van der Waals surface area contributed by atoms with Crippen molar-refractivity contribution in [3.8, 4) is 22.9 Å². The molecule has 0 saturated heterocycles. The first-order valence-electron chi connectivity index (χ1n) is 6.36. The second-order valence-corrected chi connectivity index (χ2v) is 4.80. The predicted octanol–water partition coefficient (Wildman–Crippen LogP) is 3.45. The maximum absolute atomic E-state index is 5.53. The van der Waals surface area contributed by atoms with Crippen molar-refractivity contribution in [1.82, 2.24) is 9.78 Å². The van der Waals surface area contributed by atoms with Crippen LogP contribution in [0.15, 0.2) is 24.3 Å². The first-order valence-corrected chi connectivity index (χ1v) is 6.36. The first kappa shape index (κ1) is 16.8. The van der Waals surface area contributed by atoms with Gasteiger partial charge in [0.25, 0.3) is 0 Å². The molecule has 0 atom stereocenters. The van der Waals surface area contributed by atoms with E-state index in [0.29, 0.717) is 5.88 Å². The molecule has 0 amide bonds. The summed E-state index contributed by atoms with van der Waals surface area (Å²) in [4.78, 5) is 0. The van der Waals surface area contributed by atoms with Crippen LogP contribution in [0.4, 0.5) is 0 Å². The third kappa shape index (κ3) is 3.06. The zero-order chi connectivity index (χ0) is 14.0. The summed E-state index contributed by atoms with van der Waals surface area (Å²) in [6.07, 6.45) is 0. The summed E-state index contributed by atoms with van der Waals surface area (Å²) >= 11 is 0. The van der Waals surface area contributed by atoms with E-state index in [1.54, 1.807) is 14.2 Å². The Labute approximate surface area is 134 Å². The van der Waals surface area contributed by atoms with Gasteiger partial charge >= 0.3 is 0 Å². The third-order valence-electron chi connectivity index (χ3n) is 3.05. The monoisotopic (exact) mass is 455 g/mol. The Kier molecular flexibility index (Phi) is 5.82. The van der Waals surface area contributed by atoms with Crippen molar-refractivity contribution in [2.45, 2.75) is 26.8 Å². The van der Waals surface area contributed by atoms with Gasteiger partial charge in [-0.1, -0.05) is 29.8 Å². The summed E-state index contributed by atoms with van der Waals surface area (Å²) in [5.74, 6) is 1.32. The molecule has 0 saturated carbocycles. The van der Waals surface area contributed by atoms with Gasteiger partial charge in [-0.2, -0.15) is 0 Å². The molecule has 20 heavy (non-hydrogen) atoms. The molecule has 5 heteroatoms. The van der Waals surface area contributed by atoms with E-state index in [4.69, 9.17) is 9.47 Å². The third-order valence-corrected chi connectivity index (χ3v) is 3.05. The molecule has 0 aliphatic heterocycles. The van der Waals surface area contributed by atoms with E-state index in [9.17, 15) is 0 Å². The van der Waals surface area contributed by atoms with Crippen LogP contribution in [0.25, 0.3) is 11.1 Å². The molecule has 0 N–H and O–H groups in total. The Morgan fingerprint density at radius 2 is 1.65 bits per heavy atom. The van der Waals surface area contributed by atoms with Gasteiger partial charge in [0.1, 0.15) is 5.56 Å². The van der Waals surface area contributed by atoms with Gasteiger partial charge in [0.15, 0.2) is 0 Å². The fourth-order valence-corrected chi connectivity index (χ4v) is 2.05. The number of aromatic nitrogens is 2. The summed E-state index contributed by atoms with van der Waals surface area (Å²) in [5, 5.41) is 4.47. The molecular formula is C15H20N2O2Pt. The Balaban J connectivity index is 0.00000200. The van der Waals surface area contributed by atoms with Gasteiger partial charge in [-0.15, -0.1) is 5.10 Å². The normalized spacial score (nSPS) is 10.3. The number of benzene rings is 1. The van der Waals surface area contributed by atoms with Crippen molar-refractivity contribution in [2.24, 2.45) is 0 Å². The smallest absolute Gasteiger partial charge is 0.244 e. The fourth-order valence-electron chi connectivity index (χ4n) is 2.05. The number of hydrogen-bond acceptors (Lipinski definition) is 3. The van der Waals surface area contributed by atoms with Gasteiger partial charge in [-0.25, -0.2) is 4.68 Å². The zero-order valence-corrected chi connectivity index (χ0v) is 14.7. The predicted molar refractivity (Wildman–Crippen MR) is 75.9 cm³/mol. The van der Waals surface area contributed by atoms with Crippen LogP contribution in [0, 0.1) is 6.92 Å². The average molecular weight is 455 g/mol. The van der Waals surface area contributed by atoms with E-state index in [1.807, 2.05) is 4.68 Å².